The first-order valence-corrected chi connectivity index (χ1v) is 7.60. The summed E-state index contributed by atoms with van der Waals surface area (Å²) in [6, 6.07) is 10.8. The molecule has 0 unspecified atom stereocenters. The Kier molecular flexibility index (Phi) is 5.82. The number of halogens is 1. The summed E-state index contributed by atoms with van der Waals surface area (Å²) in [5.41, 5.74) is 1.32. The molecule has 108 valence electrons. The highest BCUT2D eigenvalue weighted by atomic mass is 35.5. The predicted octanol–water partition coefficient (Wildman–Crippen LogP) is 3.07. The van der Waals surface area contributed by atoms with Crippen LogP contribution in [0.4, 0.5) is 0 Å². The van der Waals surface area contributed by atoms with E-state index in [0.717, 1.165) is 10.4 Å². The molecular formula is C16H14ClNO2S. The highest BCUT2D eigenvalue weighted by molar-refractivity contribution is 7.16. The lowest BCUT2D eigenvalue weighted by Crippen LogP contribution is -2.22. The van der Waals surface area contributed by atoms with Crippen LogP contribution in [-0.4, -0.2) is 17.6 Å². The SMILES string of the molecule is O=C(NCc1ccc(Cl)s1)c1cccc(C#CCCO)c1. The molecule has 0 spiro atoms. The van der Waals surface area contributed by atoms with E-state index in [1.54, 1.807) is 18.2 Å². The molecule has 0 fully saturated rings. The second kappa shape index (κ2) is 7.84. The van der Waals surface area contributed by atoms with Gasteiger partial charge in [-0.1, -0.05) is 29.5 Å². The molecule has 1 heterocycles. The molecule has 1 aromatic heterocycles. The van der Waals surface area contributed by atoms with Gasteiger partial charge in [-0.2, -0.15) is 0 Å². The van der Waals surface area contributed by atoms with Crippen LogP contribution in [0.25, 0.3) is 0 Å². The molecule has 3 nitrogen and oxygen atoms in total. The molecule has 0 radical (unpaired) electrons. The van der Waals surface area contributed by atoms with Crippen LogP contribution in [0.2, 0.25) is 4.34 Å². The lowest BCUT2D eigenvalue weighted by molar-refractivity contribution is 0.0951. The number of aliphatic hydroxyl groups excluding tert-OH is 1. The molecule has 0 saturated carbocycles. The molecular weight excluding hydrogens is 306 g/mol. The van der Waals surface area contributed by atoms with Crippen molar-refractivity contribution in [2.24, 2.45) is 0 Å². The normalized spacial score (nSPS) is 9.81. The van der Waals surface area contributed by atoms with Crippen LogP contribution in [0.3, 0.4) is 0 Å². The van der Waals surface area contributed by atoms with Gasteiger partial charge in [-0.05, 0) is 30.3 Å². The maximum atomic E-state index is 12.1. The van der Waals surface area contributed by atoms with E-state index >= 15 is 0 Å². The summed E-state index contributed by atoms with van der Waals surface area (Å²) in [4.78, 5) is 13.1. The molecule has 2 rings (SSSR count). The van der Waals surface area contributed by atoms with Gasteiger partial charge in [0.05, 0.1) is 17.5 Å². The van der Waals surface area contributed by atoms with Crippen LogP contribution in [0, 0.1) is 11.8 Å². The Balaban J connectivity index is 1.99. The minimum Gasteiger partial charge on any atom is -0.395 e. The Morgan fingerprint density at radius 1 is 1.33 bits per heavy atom. The summed E-state index contributed by atoms with van der Waals surface area (Å²) in [6.45, 7) is 0.493. The summed E-state index contributed by atoms with van der Waals surface area (Å²) in [5.74, 6) is 5.60. The van der Waals surface area contributed by atoms with Crippen molar-refractivity contribution in [2.45, 2.75) is 13.0 Å². The first kappa shape index (κ1) is 15.6. The second-order valence-electron chi connectivity index (χ2n) is 4.24. The van der Waals surface area contributed by atoms with Gasteiger partial charge < -0.3 is 10.4 Å². The average Bonchev–Trinajstić information content (AvgIpc) is 2.91. The van der Waals surface area contributed by atoms with Gasteiger partial charge in [-0.3, -0.25) is 4.79 Å². The zero-order valence-corrected chi connectivity index (χ0v) is 12.8. The van der Waals surface area contributed by atoms with E-state index in [2.05, 4.69) is 17.2 Å². The third kappa shape index (κ3) is 4.91. The Morgan fingerprint density at radius 2 is 2.19 bits per heavy atom. The van der Waals surface area contributed by atoms with Crippen molar-refractivity contribution in [3.8, 4) is 11.8 Å². The summed E-state index contributed by atoms with van der Waals surface area (Å²) < 4.78 is 0.709. The van der Waals surface area contributed by atoms with Crippen LogP contribution in [0.5, 0.6) is 0 Å². The number of nitrogens with one attached hydrogen (secondary N) is 1. The predicted molar refractivity (Wildman–Crippen MR) is 85.5 cm³/mol. The van der Waals surface area contributed by atoms with E-state index in [9.17, 15) is 4.79 Å². The number of aliphatic hydroxyl groups is 1. The van der Waals surface area contributed by atoms with Crippen LogP contribution >= 0.6 is 22.9 Å². The first-order chi connectivity index (χ1) is 10.2. The molecule has 0 bridgehead atoms. The topological polar surface area (TPSA) is 49.3 Å². The number of carbonyl (C=O) groups excluding carboxylic acids is 1. The maximum Gasteiger partial charge on any atom is 0.251 e. The Hall–Kier alpha value is -1.80. The molecule has 1 aromatic carbocycles. The molecule has 1 amide bonds. The standard InChI is InChI=1S/C16H14ClNO2S/c17-15-8-7-14(21-15)11-18-16(20)13-6-3-5-12(10-13)4-1-2-9-19/h3,5-8,10,19H,2,9,11H2,(H,18,20). The van der Waals surface area contributed by atoms with Crippen LogP contribution in [0.15, 0.2) is 36.4 Å². The highest BCUT2D eigenvalue weighted by Crippen LogP contribution is 2.21. The molecule has 21 heavy (non-hydrogen) atoms. The number of hydrogen-bond donors (Lipinski definition) is 2. The van der Waals surface area contributed by atoms with E-state index in [-0.39, 0.29) is 12.5 Å². The lowest BCUT2D eigenvalue weighted by Gasteiger charge is -2.04. The second-order valence-corrected chi connectivity index (χ2v) is 6.04. The van der Waals surface area contributed by atoms with Gasteiger partial charge in [0.15, 0.2) is 0 Å². The smallest absolute Gasteiger partial charge is 0.251 e. The summed E-state index contributed by atoms with van der Waals surface area (Å²) >= 11 is 7.29. The van der Waals surface area contributed by atoms with Crippen molar-refractivity contribution in [3.05, 3.63) is 56.7 Å². The largest absolute Gasteiger partial charge is 0.395 e. The molecule has 0 saturated heterocycles. The third-order valence-electron chi connectivity index (χ3n) is 2.65. The first-order valence-electron chi connectivity index (χ1n) is 6.41. The number of rotatable bonds is 4. The fraction of sp³-hybridized carbons (Fsp3) is 0.188. The molecule has 2 aromatic rings. The zero-order chi connectivity index (χ0) is 15.1. The van der Waals surface area contributed by atoms with Crippen molar-refractivity contribution < 1.29 is 9.90 Å². The third-order valence-corrected chi connectivity index (χ3v) is 3.88. The number of benzene rings is 1. The van der Waals surface area contributed by atoms with Crippen molar-refractivity contribution in [1.82, 2.24) is 5.32 Å². The van der Waals surface area contributed by atoms with Gasteiger partial charge >= 0.3 is 0 Å². The van der Waals surface area contributed by atoms with Crippen molar-refractivity contribution in [3.63, 3.8) is 0 Å². The van der Waals surface area contributed by atoms with Crippen LogP contribution < -0.4 is 5.32 Å². The minimum absolute atomic E-state index is 0.0382. The highest BCUT2D eigenvalue weighted by Gasteiger charge is 2.06. The Morgan fingerprint density at radius 3 is 2.90 bits per heavy atom. The van der Waals surface area contributed by atoms with Crippen LogP contribution in [-0.2, 0) is 6.54 Å². The van der Waals surface area contributed by atoms with E-state index in [0.29, 0.717) is 22.9 Å². The number of amides is 1. The monoisotopic (exact) mass is 319 g/mol. The van der Waals surface area contributed by atoms with Gasteiger partial charge in [-0.25, -0.2) is 0 Å². The fourth-order valence-corrected chi connectivity index (χ4v) is 2.70. The van der Waals surface area contributed by atoms with E-state index in [4.69, 9.17) is 16.7 Å². The van der Waals surface area contributed by atoms with Gasteiger partial charge in [0.25, 0.3) is 5.91 Å². The van der Waals surface area contributed by atoms with E-state index in [1.807, 2.05) is 18.2 Å². The quantitative estimate of drug-likeness (QED) is 0.851. The summed E-state index contributed by atoms with van der Waals surface area (Å²) in [6.07, 6.45) is 0.426. The minimum atomic E-state index is -0.148. The molecule has 0 aliphatic heterocycles. The Bertz CT molecular complexity index is 685. The summed E-state index contributed by atoms with van der Waals surface area (Å²) in [7, 11) is 0. The maximum absolute atomic E-state index is 12.1. The molecule has 5 heteroatoms. The Labute approximate surface area is 132 Å². The van der Waals surface area contributed by atoms with Gasteiger partial charge in [-0.15, -0.1) is 11.3 Å². The fourth-order valence-electron chi connectivity index (χ4n) is 1.67. The molecule has 2 N–H and O–H groups in total. The van der Waals surface area contributed by atoms with Crippen LogP contribution in [0.1, 0.15) is 27.2 Å². The van der Waals surface area contributed by atoms with E-state index < -0.39 is 0 Å². The zero-order valence-electron chi connectivity index (χ0n) is 11.2. The van der Waals surface area contributed by atoms with Gasteiger partial charge in [0.2, 0.25) is 0 Å². The lowest BCUT2D eigenvalue weighted by atomic mass is 10.1. The number of thiophene rings is 1. The van der Waals surface area contributed by atoms with Crippen molar-refractivity contribution >= 4 is 28.8 Å². The average molecular weight is 320 g/mol. The molecule has 0 aliphatic carbocycles. The van der Waals surface area contributed by atoms with Gasteiger partial charge in [0.1, 0.15) is 0 Å². The van der Waals surface area contributed by atoms with E-state index in [1.165, 1.54) is 11.3 Å². The molecule has 0 atom stereocenters. The summed E-state index contributed by atoms with van der Waals surface area (Å²) in [5, 5.41) is 11.5. The van der Waals surface area contributed by atoms with Gasteiger partial charge in [0, 0.05) is 22.4 Å². The van der Waals surface area contributed by atoms with Crippen molar-refractivity contribution in [2.75, 3.05) is 6.61 Å². The number of hydrogen-bond acceptors (Lipinski definition) is 3. The number of carbonyl (C=O) groups is 1. The van der Waals surface area contributed by atoms with Crippen molar-refractivity contribution in [1.29, 1.82) is 0 Å². The molecule has 0 aliphatic rings.